The Kier molecular flexibility index (Phi) is 4.80. The Bertz CT molecular complexity index is 540. The molecule has 0 bridgehead atoms. The van der Waals surface area contributed by atoms with Crippen molar-refractivity contribution in [3.05, 3.63) is 35.3 Å². The number of rotatable bonds is 4. The smallest absolute Gasteiger partial charge is 0.331 e. The molecule has 0 saturated carbocycles. The van der Waals surface area contributed by atoms with Gasteiger partial charge in [-0.2, -0.15) is 0 Å². The van der Waals surface area contributed by atoms with Gasteiger partial charge in [0.25, 0.3) is 0 Å². The molecule has 6 nitrogen and oxygen atoms in total. The highest BCUT2D eigenvalue weighted by molar-refractivity contribution is 6.01. The summed E-state index contributed by atoms with van der Waals surface area (Å²) in [7, 11) is 0. The molecule has 6 heteroatoms. The maximum Gasteiger partial charge on any atom is 0.331 e. The highest BCUT2D eigenvalue weighted by Gasteiger charge is 2.24. The average Bonchev–Trinajstić information content (AvgIpc) is 2.98. The molecule has 0 aliphatic carbocycles. The van der Waals surface area contributed by atoms with Crippen LogP contribution in [0, 0.1) is 0 Å². The predicted molar refractivity (Wildman–Crippen MR) is 76.6 cm³/mol. The fourth-order valence-electron chi connectivity index (χ4n) is 2.29. The van der Waals surface area contributed by atoms with Gasteiger partial charge in [0.15, 0.2) is 0 Å². The number of carboxylic acid groups (broad SMARTS) is 1. The largest absolute Gasteiger partial charge is 0.478 e. The molecule has 0 unspecified atom stereocenters. The van der Waals surface area contributed by atoms with Crippen LogP contribution in [0.1, 0.15) is 19.6 Å². The van der Waals surface area contributed by atoms with E-state index < -0.39 is 5.97 Å². The Morgan fingerprint density at radius 2 is 1.86 bits per heavy atom. The first kappa shape index (κ1) is 15.3. The first-order valence-electron chi connectivity index (χ1n) is 6.94. The fourth-order valence-corrected chi connectivity index (χ4v) is 2.29. The van der Waals surface area contributed by atoms with Gasteiger partial charge in [0, 0.05) is 37.3 Å². The van der Waals surface area contributed by atoms with Crippen LogP contribution < -0.4 is 0 Å². The number of carboxylic acids is 1. The molecule has 0 atom stereocenters. The van der Waals surface area contributed by atoms with E-state index in [-0.39, 0.29) is 11.5 Å². The van der Waals surface area contributed by atoms with Gasteiger partial charge >= 0.3 is 5.97 Å². The molecule has 0 radical (unpaired) electrons. The fraction of sp³-hybridized carbons (Fsp3) is 0.467. The lowest BCUT2D eigenvalue weighted by molar-refractivity contribution is -0.134. The highest BCUT2D eigenvalue weighted by Crippen LogP contribution is 2.13. The Hall–Kier alpha value is -2.08. The summed E-state index contributed by atoms with van der Waals surface area (Å²) in [4.78, 5) is 27.1. The molecule has 1 N–H and O–H groups in total. The lowest BCUT2D eigenvalue weighted by atomic mass is 10.1. The van der Waals surface area contributed by atoms with Crippen LogP contribution in [0.2, 0.25) is 0 Å². The number of carbonyl (C=O) groups excluding carboxylic acids is 1. The highest BCUT2D eigenvalue weighted by atomic mass is 16.4. The van der Waals surface area contributed by atoms with Crippen molar-refractivity contribution < 1.29 is 19.1 Å². The molecule has 0 aromatic carbocycles. The molecule has 21 heavy (non-hydrogen) atoms. The summed E-state index contributed by atoms with van der Waals surface area (Å²) < 4.78 is 5.31. The maximum atomic E-state index is 12.2. The van der Waals surface area contributed by atoms with Gasteiger partial charge in [-0.3, -0.25) is 9.69 Å². The zero-order valence-corrected chi connectivity index (χ0v) is 12.3. The van der Waals surface area contributed by atoms with Gasteiger partial charge in [-0.1, -0.05) is 0 Å². The first-order chi connectivity index (χ1) is 9.99. The predicted octanol–water partition coefficient (Wildman–Crippen LogP) is 1.34. The van der Waals surface area contributed by atoms with Gasteiger partial charge in [-0.25, -0.2) is 4.79 Å². The molecule has 1 aliphatic rings. The minimum absolute atomic E-state index is 0.109. The lowest BCUT2D eigenvalue weighted by Crippen LogP contribution is -2.48. The van der Waals surface area contributed by atoms with E-state index >= 15 is 0 Å². The Morgan fingerprint density at radius 3 is 2.38 bits per heavy atom. The van der Waals surface area contributed by atoms with Crippen LogP contribution in [0.25, 0.3) is 0 Å². The molecule has 1 fully saturated rings. The topological polar surface area (TPSA) is 74.0 Å². The molecule has 1 saturated heterocycles. The summed E-state index contributed by atoms with van der Waals surface area (Å²) in [5, 5.41) is 8.94. The third kappa shape index (κ3) is 3.72. The molecular weight excluding hydrogens is 272 g/mol. The van der Waals surface area contributed by atoms with E-state index in [4.69, 9.17) is 9.52 Å². The van der Waals surface area contributed by atoms with Crippen LogP contribution in [0.3, 0.4) is 0 Å². The SMILES string of the molecule is CC(C(=O)O)=C(C)C(=O)N1CCN(Cc2ccco2)CC1. The van der Waals surface area contributed by atoms with E-state index in [1.165, 1.54) is 6.92 Å². The molecule has 2 heterocycles. The van der Waals surface area contributed by atoms with Crippen molar-refractivity contribution in [2.45, 2.75) is 20.4 Å². The van der Waals surface area contributed by atoms with Gasteiger partial charge < -0.3 is 14.4 Å². The molecular formula is C15H20N2O4. The standard InChI is InChI=1S/C15H20N2O4/c1-11(12(2)15(19)20)14(18)17-7-5-16(6-8-17)10-13-4-3-9-21-13/h3-4,9H,5-8,10H2,1-2H3,(H,19,20). The van der Waals surface area contributed by atoms with Crippen LogP contribution in [0.15, 0.2) is 34.0 Å². The molecule has 0 spiro atoms. The van der Waals surface area contributed by atoms with Crippen LogP contribution in [0.4, 0.5) is 0 Å². The second-order valence-electron chi connectivity index (χ2n) is 5.20. The summed E-state index contributed by atoms with van der Waals surface area (Å²) >= 11 is 0. The van der Waals surface area contributed by atoms with E-state index in [0.717, 1.165) is 25.4 Å². The van der Waals surface area contributed by atoms with E-state index in [0.29, 0.717) is 18.7 Å². The third-order valence-corrected chi connectivity index (χ3v) is 3.82. The average molecular weight is 292 g/mol. The summed E-state index contributed by atoms with van der Waals surface area (Å²) in [5.74, 6) is -0.322. The van der Waals surface area contributed by atoms with Gasteiger partial charge in [-0.05, 0) is 26.0 Å². The van der Waals surface area contributed by atoms with Gasteiger partial charge in [-0.15, -0.1) is 0 Å². The Balaban J connectivity index is 1.90. The molecule has 1 aliphatic heterocycles. The zero-order chi connectivity index (χ0) is 15.4. The summed E-state index contributed by atoms with van der Waals surface area (Å²) in [6.45, 7) is 6.48. The van der Waals surface area contributed by atoms with Gasteiger partial charge in [0.2, 0.25) is 5.91 Å². The third-order valence-electron chi connectivity index (χ3n) is 3.82. The number of amides is 1. The van der Waals surface area contributed by atoms with Crippen molar-refractivity contribution >= 4 is 11.9 Å². The summed E-state index contributed by atoms with van der Waals surface area (Å²) in [6, 6.07) is 3.79. The number of aliphatic carboxylic acids is 1. The van der Waals surface area contributed by atoms with Crippen LogP contribution in [-0.2, 0) is 16.1 Å². The maximum absolute atomic E-state index is 12.2. The Morgan fingerprint density at radius 1 is 1.19 bits per heavy atom. The van der Waals surface area contributed by atoms with Crippen molar-refractivity contribution in [2.75, 3.05) is 26.2 Å². The van der Waals surface area contributed by atoms with Gasteiger partial charge in [0.1, 0.15) is 5.76 Å². The number of hydrogen-bond donors (Lipinski definition) is 1. The minimum atomic E-state index is -1.04. The summed E-state index contributed by atoms with van der Waals surface area (Å²) in [6.07, 6.45) is 1.65. The quantitative estimate of drug-likeness (QED) is 0.848. The molecule has 114 valence electrons. The van der Waals surface area contributed by atoms with Gasteiger partial charge in [0.05, 0.1) is 12.8 Å². The molecule has 1 aromatic rings. The number of carbonyl (C=O) groups is 2. The van der Waals surface area contributed by atoms with E-state index in [1.807, 2.05) is 12.1 Å². The van der Waals surface area contributed by atoms with E-state index in [9.17, 15) is 9.59 Å². The van der Waals surface area contributed by atoms with E-state index in [1.54, 1.807) is 18.1 Å². The van der Waals surface area contributed by atoms with Crippen molar-refractivity contribution in [3.8, 4) is 0 Å². The first-order valence-corrected chi connectivity index (χ1v) is 6.94. The number of nitrogens with zero attached hydrogens (tertiary/aromatic N) is 2. The van der Waals surface area contributed by atoms with Crippen molar-refractivity contribution in [2.24, 2.45) is 0 Å². The van der Waals surface area contributed by atoms with Crippen molar-refractivity contribution in [1.82, 2.24) is 9.80 Å². The molecule has 1 amide bonds. The van der Waals surface area contributed by atoms with Crippen molar-refractivity contribution in [3.63, 3.8) is 0 Å². The number of piperazine rings is 1. The van der Waals surface area contributed by atoms with Crippen molar-refractivity contribution in [1.29, 1.82) is 0 Å². The minimum Gasteiger partial charge on any atom is -0.478 e. The summed E-state index contributed by atoms with van der Waals surface area (Å²) in [5.41, 5.74) is 0.417. The zero-order valence-electron chi connectivity index (χ0n) is 12.3. The number of hydrogen-bond acceptors (Lipinski definition) is 4. The van der Waals surface area contributed by atoms with Crippen LogP contribution in [-0.4, -0.2) is 53.0 Å². The number of furan rings is 1. The normalized spacial score (nSPS) is 17.5. The van der Waals surface area contributed by atoms with Crippen LogP contribution >= 0.6 is 0 Å². The van der Waals surface area contributed by atoms with Crippen LogP contribution in [0.5, 0.6) is 0 Å². The lowest BCUT2D eigenvalue weighted by Gasteiger charge is -2.34. The van der Waals surface area contributed by atoms with E-state index in [2.05, 4.69) is 4.90 Å². The monoisotopic (exact) mass is 292 g/mol. The molecule has 1 aromatic heterocycles. The molecule has 2 rings (SSSR count). The second kappa shape index (κ2) is 6.58. The second-order valence-corrected chi connectivity index (χ2v) is 5.20. The Labute approximate surface area is 123 Å².